The molecule has 3 heterocycles. The molecule has 0 fully saturated rings. The maximum absolute atomic E-state index is 5.80. The van der Waals surface area contributed by atoms with Crippen LogP contribution in [0.1, 0.15) is 0 Å². The van der Waals surface area contributed by atoms with E-state index >= 15 is 0 Å². The summed E-state index contributed by atoms with van der Waals surface area (Å²) in [6.45, 7) is 1.15. The van der Waals surface area contributed by atoms with Crippen molar-refractivity contribution in [2.45, 2.75) is 10.1 Å². The number of benzene rings is 1. The largest absolute Gasteiger partial charge is 0.486 e. The summed E-state index contributed by atoms with van der Waals surface area (Å²) in [6, 6.07) is 3.95. The van der Waals surface area contributed by atoms with Gasteiger partial charge in [-0.1, -0.05) is 17.2 Å². The number of nitrogens with zero attached hydrogens (tertiary/aromatic N) is 3. The van der Waals surface area contributed by atoms with Crippen LogP contribution >= 0.6 is 11.8 Å². The third-order valence-electron chi connectivity index (χ3n) is 3.34. The van der Waals surface area contributed by atoms with Crippen molar-refractivity contribution in [2.24, 2.45) is 0 Å². The molecular weight excluding hydrogens is 301 g/mol. The predicted octanol–water partition coefficient (Wildman–Crippen LogP) is 0.116. The summed E-state index contributed by atoms with van der Waals surface area (Å²) < 4.78 is 11.2. The Bertz CT molecular complexity index is 869. The monoisotopic (exact) mass is 313 g/mol. The first-order valence-electron chi connectivity index (χ1n) is 6.75. The lowest BCUT2D eigenvalue weighted by atomic mass is 9.95. The molecule has 0 unspecified atom stereocenters. The van der Waals surface area contributed by atoms with Gasteiger partial charge in [0.1, 0.15) is 27.4 Å². The Morgan fingerprint density at radius 1 is 1.18 bits per heavy atom. The van der Waals surface area contributed by atoms with E-state index in [0.29, 0.717) is 35.4 Å². The lowest BCUT2D eigenvalue weighted by Gasteiger charge is -2.20. The zero-order valence-corrected chi connectivity index (χ0v) is 12.6. The second-order valence-electron chi connectivity index (χ2n) is 4.86. The number of nitrogens with one attached hydrogen (secondary N) is 1. The molecule has 0 saturated heterocycles. The van der Waals surface area contributed by atoms with Gasteiger partial charge in [0.05, 0.1) is 0 Å². The minimum Gasteiger partial charge on any atom is -0.486 e. The fraction of sp³-hybridized carbons (Fsp3) is 0.154. The van der Waals surface area contributed by atoms with Gasteiger partial charge < -0.3 is 20.2 Å². The first-order valence-corrected chi connectivity index (χ1v) is 7.56. The van der Waals surface area contributed by atoms with Gasteiger partial charge in [0.2, 0.25) is 0 Å². The van der Waals surface area contributed by atoms with Crippen LogP contribution in [0, 0.1) is 0 Å². The van der Waals surface area contributed by atoms with Crippen LogP contribution in [0.5, 0.6) is 11.5 Å². The smallest absolute Gasteiger partial charge is 0.172 e. The molecule has 0 aliphatic carbocycles. The maximum Gasteiger partial charge on any atom is 0.172 e. The van der Waals surface area contributed by atoms with Crippen molar-refractivity contribution in [1.29, 1.82) is 0 Å². The van der Waals surface area contributed by atoms with Crippen molar-refractivity contribution in [3.63, 3.8) is 0 Å². The lowest BCUT2D eigenvalue weighted by Crippen LogP contribution is -2.18. The van der Waals surface area contributed by atoms with Crippen molar-refractivity contribution >= 4 is 42.1 Å². The van der Waals surface area contributed by atoms with Crippen molar-refractivity contribution in [1.82, 2.24) is 19.9 Å². The van der Waals surface area contributed by atoms with Gasteiger partial charge in [-0.15, -0.1) is 0 Å². The van der Waals surface area contributed by atoms with Gasteiger partial charge in [-0.2, -0.15) is 0 Å². The standard InChI is InChI=1S/C13H12BN5O2S/c14-6-3-7-8(21-2-1-20-7)4-9(6)22-13-18-10-11(15)16-5-17-12(10)19-13/h3-5H,1-2,14H2,(H3,15,16,17,18,19). The first kappa shape index (κ1) is 13.3. The Morgan fingerprint density at radius 2 is 1.95 bits per heavy atom. The molecule has 0 amide bonds. The van der Waals surface area contributed by atoms with E-state index in [1.807, 2.05) is 20.0 Å². The van der Waals surface area contributed by atoms with Crippen LogP contribution < -0.4 is 20.7 Å². The molecule has 0 atom stereocenters. The SMILES string of the molecule is Bc1cc2c(cc1Sc1nc3c(N)ncnc3[nH]1)OCCO2. The number of H-pyrrole nitrogens is 1. The second kappa shape index (κ2) is 5.10. The van der Waals surface area contributed by atoms with Gasteiger partial charge in [-0.25, -0.2) is 15.0 Å². The van der Waals surface area contributed by atoms with Gasteiger partial charge in [-0.05, 0) is 12.1 Å². The molecule has 9 heteroatoms. The third kappa shape index (κ3) is 2.23. The van der Waals surface area contributed by atoms with Crippen molar-refractivity contribution in [3.05, 3.63) is 18.5 Å². The zero-order valence-electron chi connectivity index (χ0n) is 11.8. The second-order valence-corrected chi connectivity index (χ2v) is 5.89. The minimum absolute atomic E-state index is 0.368. The molecule has 2 aromatic heterocycles. The number of ether oxygens (including phenoxy) is 2. The first-order chi connectivity index (χ1) is 10.7. The molecule has 0 spiro atoms. The molecule has 7 nitrogen and oxygen atoms in total. The van der Waals surface area contributed by atoms with Crippen LogP contribution in [0.2, 0.25) is 0 Å². The van der Waals surface area contributed by atoms with E-state index in [1.165, 1.54) is 18.1 Å². The lowest BCUT2D eigenvalue weighted by molar-refractivity contribution is 0.171. The highest BCUT2D eigenvalue weighted by Crippen LogP contribution is 2.35. The van der Waals surface area contributed by atoms with E-state index in [0.717, 1.165) is 21.9 Å². The third-order valence-corrected chi connectivity index (χ3v) is 4.38. The molecule has 3 aromatic rings. The zero-order chi connectivity index (χ0) is 15.1. The van der Waals surface area contributed by atoms with Crippen LogP contribution in [0.3, 0.4) is 0 Å². The summed E-state index contributed by atoms with van der Waals surface area (Å²) in [7, 11) is 2.03. The fourth-order valence-electron chi connectivity index (χ4n) is 2.26. The summed E-state index contributed by atoms with van der Waals surface area (Å²) in [6.07, 6.45) is 1.42. The van der Waals surface area contributed by atoms with E-state index in [9.17, 15) is 0 Å². The van der Waals surface area contributed by atoms with E-state index in [4.69, 9.17) is 15.2 Å². The van der Waals surface area contributed by atoms with Gasteiger partial charge in [0, 0.05) is 4.90 Å². The Hall–Kier alpha value is -2.42. The van der Waals surface area contributed by atoms with Crippen LogP contribution in [0.4, 0.5) is 5.82 Å². The molecule has 1 aliphatic rings. The number of aromatic amines is 1. The summed E-state index contributed by atoms with van der Waals surface area (Å²) >= 11 is 1.50. The summed E-state index contributed by atoms with van der Waals surface area (Å²) in [5, 5.41) is 0.710. The number of hydrogen-bond donors (Lipinski definition) is 2. The van der Waals surface area contributed by atoms with Crippen molar-refractivity contribution in [3.8, 4) is 11.5 Å². The number of hydrogen-bond acceptors (Lipinski definition) is 7. The molecule has 22 heavy (non-hydrogen) atoms. The molecule has 0 radical (unpaired) electrons. The minimum atomic E-state index is 0.368. The molecule has 4 rings (SSSR count). The van der Waals surface area contributed by atoms with Crippen molar-refractivity contribution < 1.29 is 9.47 Å². The van der Waals surface area contributed by atoms with Crippen LogP contribution in [0.15, 0.2) is 28.5 Å². The number of nitrogens with two attached hydrogens (primary N) is 1. The van der Waals surface area contributed by atoms with E-state index in [1.54, 1.807) is 0 Å². The van der Waals surface area contributed by atoms with Crippen molar-refractivity contribution in [2.75, 3.05) is 18.9 Å². The molecule has 110 valence electrons. The average Bonchev–Trinajstić information content (AvgIpc) is 2.92. The topological polar surface area (TPSA) is 98.9 Å². The summed E-state index contributed by atoms with van der Waals surface area (Å²) in [4.78, 5) is 16.7. The highest BCUT2D eigenvalue weighted by Gasteiger charge is 2.16. The highest BCUT2D eigenvalue weighted by atomic mass is 32.2. The normalized spacial score (nSPS) is 13.5. The van der Waals surface area contributed by atoms with Gasteiger partial charge >= 0.3 is 0 Å². The molecule has 1 aliphatic heterocycles. The Balaban J connectivity index is 1.71. The fourth-order valence-corrected chi connectivity index (χ4v) is 3.14. The van der Waals surface area contributed by atoms with E-state index < -0.39 is 0 Å². The van der Waals surface area contributed by atoms with Crippen LogP contribution in [-0.4, -0.2) is 41.0 Å². The Labute approximate surface area is 131 Å². The molecule has 0 bridgehead atoms. The number of anilines is 1. The number of imidazole rings is 1. The van der Waals surface area contributed by atoms with Gasteiger partial charge in [0.25, 0.3) is 0 Å². The molecule has 1 aromatic carbocycles. The van der Waals surface area contributed by atoms with Crippen LogP contribution in [0.25, 0.3) is 11.2 Å². The number of nitrogen functional groups attached to an aromatic ring is 1. The number of aromatic nitrogens is 4. The highest BCUT2D eigenvalue weighted by molar-refractivity contribution is 7.99. The summed E-state index contributed by atoms with van der Waals surface area (Å²) in [5.41, 5.74) is 8.11. The summed E-state index contributed by atoms with van der Waals surface area (Å²) in [5.74, 6) is 1.91. The van der Waals surface area contributed by atoms with E-state index in [2.05, 4.69) is 19.9 Å². The number of fused-ring (bicyclic) bond motifs is 2. The maximum atomic E-state index is 5.80. The quantitative estimate of drug-likeness (QED) is 0.648. The number of rotatable bonds is 2. The average molecular weight is 313 g/mol. The molecule has 0 saturated carbocycles. The Morgan fingerprint density at radius 3 is 2.73 bits per heavy atom. The van der Waals surface area contributed by atoms with E-state index in [-0.39, 0.29) is 0 Å². The predicted molar refractivity (Wildman–Crippen MR) is 85.8 cm³/mol. The van der Waals surface area contributed by atoms with Crippen LogP contribution in [-0.2, 0) is 0 Å². The van der Waals surface area contributed by atoms with Gasteiger partial charge in [-0.3, -0.25) is 0 Å². The Kier molecular flexibility index (Phi) is 3.07. The van der Waals surface area contributed by atoms with Gasteiger partial charge in [0.15, 0.2) is 33.6 Å². The molecule has 3 N–H and O–H groups in total. The molecular formula is C13H12BN5O2S.